The molecule has 1 N–H and O–H groups in total. The minimum Gasteiger partial charge on any atom is -0.300 e. The highest BCUT2D eigenvalue weighted by Gasteiger charge is 2.09. The van der Waals surface area contributed by atoms with Crippen molar-refractivity contribution in [2.75, 3.05) is 0 Å². The van der Waals surface area contributed by atoms with Crippen LogP contribution in [0.1, 0.15) is 10.7 Å². The topological polar surface area (TPSA) is 59.4 Å². The third-order valence-corrected chi connectivity index (χ3v) is 4.23. The zero-order valence-corrected chi connectivity index (χ0v) is 12.5. The van der Waals surface area contributed by atoms with E-state index in [2.05, 4.69) is 25.5 Å². The SMILES string of the molecule is Cc1csc(CCn2c(-c3cccnc3)n[nH]c2=S)n1. The Morgan fingerprint density at radius 2 is 2.35 bits per heavy atom. The van der Waals surface area contributed by atoms with Crippen molar-refractivity contribution >= 4 is 23.6 Å². The van der Waals surface area contributed by atoms with Crippen LogP contribution < -0.4 is 0 Å². The van der Waals surface area contributed by atoms with Gasteiger partial charge in [0.2, 0.25) is 0 Å². The van der Waals surface area contributed by atoms with Crippen LogP contribution in [0.4, 0.5) is 0 Å². The Hall–Kier alpha value is -1.86. The number of nitrogens with one attached hydrogen (secondary N) is 1. The van der Waals surface area contributed by atoms with Gasteiger partial charge in [-0.25, -0.2) is 4.98 Å². The first kappa shape index (κ1) is 13.1. The number of hydrogen-bond acceptors (Lipinski definition) is 5. The molecular weight excluding hydrogens is 290 g/mol. The molecule has 7 heteroatoms. The van der Waals surface area contributed by atoms with Crippen molar-refractivity contribution in [3.05, 3.63) is 45.4 Å². The summed E-state index contributed by atoms with van der Waals surface area (Å²) in [5, 5.41) is 10.3. The van der Waals surface area contributed by atoms with Gasteiger partial charge in [-0.3, -0.25) is 14.6 Å². The normalized spacial score (nSPS) is 10.8. The summed E-state index contributed by atoms with van der Waals surface area (Å²) in [6.45, 7) is 2.76. The molecule has 0 fully saturated rings. The fraction of sp³-hybridized carbons (Fsp3) is 0.231. The minimum atomic E-state index is 0.622. The van der Waals surface area contributed by atoms with Crippen LogP contribution >= 0.6 is 23.6 Å². The first-order valence-electron chi connectivity index (χ1n) is 6.20. The van der Waals surface area contributed by atoms with Gasteiger partial charge >= 0.3 is 0 Å². The van der Waals surface area contributed by atoms with Gasteiger partial charge in [-0.15, -0.1) is 11.3 Å². The fourth-order valence-corrected chi connectivity index (χ4v) is 2.95. The second-order valence-electron chi connectivity index (χ2n) is 4.38. The second-order valence-corrected chi connectivity index (χ2v) is 5.71. The van der Waals surface area contributed by atoms with E-state index in [1.165, 1.54) is 0 Å². The zero-order valence-electron chi connectivity index (χ0n) is 10.9. The van der Waals surface area contributed by atoms with Gasteiger partial charge in [-0.05, 0) is 31.3 Å². The maximum absolute atomic E-state index is 5.30. The molecule has 20 heavy (non-hydrogen) atoms. The fourth-order valence-electron chi connectivity index (χ4n) is 1.97. The highest BCUT2D eigenvalue weighted by atomic mass is 32.1. The molecule has 3 aromatic rings. The first-order chi connectivity index (χ1) is 9.74. The molecule has 0 bridgehead atoms. The van der Waals surface area contributed by atoms with Crippen LogP contribution in [0.25, 0.3) is 11.4 Å². The predicted molar refractivity (Wildman–Crippen MR) is 81.2 cm³/mol. The third kappa shape index (κ3) is 2.68. The lowest BCUT2D eigenvalue weighted by atomic mass is 10.2. The molecule has 3 heterocycles. The summed E-state index contributed by atoms with van der Waals surface area (Å²) in [5.41, 5.74) is 2.02. The number of hydrogen-bond donors (Lipinski definition) is 1. The van der Waals surface area contributed by atoms with Gasteiger partial charge in [0.05, 0.1) is 5.01 Å². The summed E-state index contributed by atoms with van der Waals surface area (Å²) >= 11 is 6.98. The van der Waals surface area contributed by atoms with E-state index in [0.717, 1.165) is 35.1 Å². The van der Waals surface area contributed by atoms with Gasteiger partial charge in [0.1, 0.15) is 0 Å². The molecule has 3 rings (SSSR count). The average molecular weight is 303 g/mol. The first-order valence-corrected chi connectivity index (χ1v) is 7.49. The minimum absolute atomic E-state index is 0.622. The Morgan fingerprint density at radius 1 is 1.45 bits per heavy atom. The lowest BCUT2D eigenvalue weighted by Gasteiger charge is -2.05. The van der Waals surface area contributed by atoms with Crippen molar-refractivity contribution in [3.8, 4) is 11.4 Å². The Labute approximate surface area is 125 Å². The average Bonchev–Trinajstić information content (AvgIpc) is 3.04. The number of H-pyrrole nitrogens is 1. The van der Waals surface area contributed by atoms with Crippen LogP contribution in [-0.2, 0) is 13.0 Å². The van der Waals surface area contributed by atoms with Crippen LogP contribution in [0.3, 0.4) is 0 Å². The summed E-state index contributed by atoms with van der Waals surface area (Å²) in [6, 6.07) is 3.86. The van der Waals surface area contributed by atoms with Crippen molar-refractivity contribution < 1.29 is 0 Å². The van der Waals surface area contributed by atoms with Crippen LogP contribution in [0.15, 0.2) is 29.9 Å². The Bertz CT molecular complexity index is 756. The molecule has 0 aliphatic carbocycles. The van der Waals surface area contributed by atoms with Crippen molar-refractivity contribution in [2.24, 2.45) is 0 Å². The van der Waals surface area contributed by atoms with E-state index in [4.69, 9.17) is 12.2 Å². The van der Waals surface area contributed by atoms with E-state index in [1.807, 2.05) is 23.6 Å². The van der Waals surface area contributed by atoms with E-state index in [-0.39, 0.29) is 0 Å². The summed E-state index contributed by atoms with van der Waals surface area (Å²) in [4.78, 5) is 8.59. The molecule has 102 valence electrons. The number of thiazole rings is 1. The van der Waals surface area contributed by atoms with Crippen LogP contribution in [-0.4, -0.2) is 24.7 Å². The molecule has 0 amide bonds. The molecule has 3 aromatic heterocycles. The molecule has 0 spiro atoms. The largest absolute Gasteiger partial charge is 0.300 e. The molecule has 0 saturated carbocycles. The number of aromatic nitrogens is 5. The third-order valence-electron chi connectivity index (χ3n) is 2.89. The number of pyridine rings is 1. The monoisotopic (exact) mass is 303 g/mol. The van der Waals surface area contributed by atoms with Crippen molar-refractivity contribution in [1.29, 1.82) is 0 Å². The molecule has 5 nitrogen and oxygen atoms in total. The maximum atomic E-state index is 5.30. The molecule has 0 aliphatic rings. The van der Waals surface area contributed by atoms with Crippen LogP contribution in [0.2, 0.25) is 0 Å². The van der Waals surface area contributed by atoms with Crippen LogP contribution in [0, 0.1) is 11.7 Å². The smallest absolute Gasteiger partial charge is 0.195 e. The lowest BCUT2D eigenvalue weighted by molar-refractivity contribution is 0.688. The van der Waals surface area contributed by atoms with Crippen molar-refractivity contribution in [1.82, 2.24) is 24.7 Å². The summed E-state index contributed by atoms with van der Waals surface area (Å²) in [6.07, 6.45) is 4.38. The van der Waals surface area contributed by atoms with Gasteiger partial charge in [-0.1, -0.05) is 0 Å². The van der Waals surface area contributed by atoms with E-state index in [1.54, 1.807) is 23.7 Å². The highest BCUT2D eigenvalue weighted by Crippen LogP contribution is 2.17. The van der Waals surface area contributed by atoms with Gasteiger partial charge in [0.15, 0.2) is 10.6 Å². The van der Waals surface area contributed by atoms with Gasteiger partial charge < -0.3 is 0 Å². The van der Waals surface area contributed by atoms with Crippen molar-refractivity contribution in [2.45, 2.75) is 19.9 Å². The van der Waals surface area contributed by atoms with E-state index in [0.29, 0.717) is 4.77 Å². The molecule has 0 aliphatic heterocycles. The van der Waals surface area contributed by atoms with E-state index in [9.17, 15) is 0 Å². The standard InChI is InChI=1S/C13H13N5S2/c1-9-8-20-11(15-9)4-6-18-12(16-17-13(18)19)10-3-2-5-14-7-10/h2-3,5,7-8H,4,6H2,1H3,(H,17,19). The molecule has 0 aromatic carbocycles. The summed E-state index contributed by atoms with van der Waals surface area (Å²) < 4.78 is 2.61. The molecule has 0 saturated heterocycles. The maximum Gasteiger partial charge on any atom is 0.195 e. The van der Waals surface area contributed by atoms with Gasteiger partial charge in [-0.2, -0.15) is 5.10 Å². The van der Waals surface area contributed by atoms with Crippen LogP contribution in [0.5, 0.6) is 0 Å². The highest BCUT2D eigenvalue weighted by molar-refractivity contribution is 7.71. The molecule has 0 unspecified atom stereocenters. The Balaban J connectivity index is 1.86. The lowest BCUT2D eigenvalue weighted by Crippen LogP contribution is -2.04. The summed E-state index contributed by atoms with van der Waals surface area (Å²) in [5.74, 6) is 0.816. The second kappa shape index (κ2) is 5.64. The van der Waals surface area contributed by atoms with E-state index < -0.39 is 0 Å². The molecule has 0 atom stereocenters. The Morgan fingerprint density at radius 3 is 3.05 bits per heavy atom. The number of aryl methyl sites for hydroxylation is 2. The van der Waals surface area contributed by atoms with Crippen molar-refractivity contribution in [3.63, 3.8) is 0 Å². The number of nitrogens with zero attached hydrogens (tertiary/aromatic N) is 4. The van der Waals surface area contributed by atoms with Gasteiger partial charge in [0.25, 0.3) is 0 Å². The molecular formula is C13H13N5S2. The Kier molecular flexibility index (Phi) is 3.70. The number of aromatic amines is 1. The van der Waals surface area contributed by atoms with Gasteiger partial charge in [0, 0.05) is 42.0 Å². The summed E-state index contributed by atoms with van der Waals surface area (Å²) in [7, 11) is 0. The molecule has 0 radical (unpaired) electrons. The van der Waals surface area contributed by atoms with E-state index >= 15 is 0 Å². The number of rotatable bonds is 4. The zero-order chi connectivity index (χ0) is 13.9. The quantitative estimate of drug-likeness (QED) is 0.753. The predicted octanol–water partition coefficient (Wildman–Crippen LogP) is 3.01.